The average Bonchev–Trinajstić information content (AvgIpc) is 2.27. The van der Waals surface area contributed by atoms with Gasteiger partial charge < -0.3 is 4.74 Å². The molecule has 1 aromatic carbocycles. The van der Waals surface area contributed by atoms with Crippen molar-refractivity contribution < 1.29 is 9.53 Å². The van der Waals surface area contributed by atoms with E-state index in [9.17, 15) is 4.79 Å². The molecule has 84 valence electrons. The molecule has 2 rings (SSSR count). The van der Waals surface area contributed by atoms with Crippen molar-refractivity contribution in [1.82, 2.24) is 0 Å². The topological polar surface area (TPSA) is 50.1 Å². The molecule has 0 fully saturated rings. The van der Waals surface area contributed by atoms with Crippen LogP contribution < -0.4 is 0 Å². The van der Waals surface area contributed by atoms with Crippen molar-refractivity contribution in [3.8, 4) is 0 Å². The first-order valence-corrected chi connectivity index (χ1v) is 5.81. The minimum absolute atomic E-state index is 0.103. The van der Waals surface area contributed by atoms with Crippen molar-refractivity contribution in [2.75, 3.05) is 0 Å². The summed E-state index contributed by atoms with van der Waals surface area (Å²) in [5.41, 5.74) is 3.29. The van der Waals surface area contributed by atoms with Crippen LogP contribution in [-0.2, 0) is 30.2 Å². The molecule has 16 heavy (non-hydrogen) atoms. The zero-order valence-corrected chi connectivity index (χ0v) is 9.88. The first-order valence-electron chi connectivity index (χ1n) is 5.31. The number of nitrogens with one attached hydrogen (secondary N) is 1. The van der Waals surface area contributed by atoms with E-state index >= 15 is 0 Å². The Morgan fingerprint density at radius 3 is 2.62 bits per heavy atom. The maximum atomic E-state index is 10.7. The van der Waals surface area contributed by atoms with Crippen LogP contribution in [0.5, 0.6) is 0 Å². The number of benzene rings is 1. The van der Waals surface area contributed by atoms with Crippen LogP contribution >= 0.6 is 0 Å². The van der Waals surface area contributed by atoms with E-state index in [4.69, 9.17) is 5.41 Å². The molecule has 1 aliphatic rings. The zero-order valence-electron chi connectivity index (χ0n) is 8.88. The minimum Gasteiger partial charge on any atom is -0.367 e. The lowest BCUT2D eigenvalue weighted by atomic mass is 9.90. The Kier molecular flexibility index (Phi) is 3.29. The summed E-state index contributed by atoms with van der Waals surface area (Å²) in [4.78, 5) is 10.7. The van der Waals surface area contributed by atoms with E-state index in [2.05, 4.69) is 17.4 Å². The van der Waals surface area contributed by atoms with Crippen LogP contribution in [0.2, 0.25) is 0 Å². The van der Waals surface area contributed by atoms with Crippen LogP contribution in [0, 0.1) is 5.41 Å². The molecule has 1 N–H and O–H groups in total. The van der Waals surface area contributed by atoms with E-state index in [0.717, 1.165) is 12.8 Å². The molecule has 0 radical (unpaired) electrons. The summed E-state index contributed by atoms with van der Waals surface area (Å²) in [5.74, 6) is -0.103. The van der Waals surface area contributed by atoms with E-state index in [0.29, 0.717) is 5.56 Å². The predicted octanol–water partition coefficient (Wildman–Crippen LogP) is 2.04. The van der Waals surface area contributed by atoms with E-state index < -0.39 is 5.30 Å². The molecule has 3 nitrogen and oxygen atoms in total. The highest BCUT2D eigenvalue weighted by atomic mass is 32.1. The van der Waals surface area contributed by atoms with Gasteiger partial charge in [-0.3, -0.25) is 5.41 Å². The Morgan fingerprint density at radius 2 is 1.94 bits per heavy atom. The monoisotopic (exact) mass is 236 g/mol. The van der Waals surface area contributed by atoms with Crippen LogP contribution in [0.15, 0.2) is 18.2 Å². The molecule has 0 spiro atoms. The lowest BCUT2D eigenvalue weighted by molar-refractivity contribution is 0.224. The molecule has 0 bridgehead atoms. The van der Waals surface area contributed by atoms with Crippen molar-refractivity contribution in [2.24, 2.45) is 0 Å². The largest absolute Gasteiger partial charge is 0.527 e. The van der Waals surface area contributed by atoms with Crippen LogP contribution in [0.1, 0.15) is 29.5 Å². The first-order chi connectivity index (χ1) is 7.66. The highest BCUT2D eigenvalue weighted by Crippen LogP contribution is 2.22. The summed E-state index contributed by atoms with van der Waals surface area (Å²) >= 11 is 2.69. The summed E-state index contributed by atoms with van der Waals surface area (Å²) in [5, 5.41) is 6.97. The van der Waals surface area contributed by atoms with Crippen LogP contribution in [0.25, 0.3) is 0 Å². The Hall–Kier alpha value is -1.29. The van der Waals surface area contributed by atoms with Gasteiger partial charge in [-0.25, -0.2) is 0 Å². The van der Waals surface area contributed by atoms with Gasteiger partial charge in [-0.2, -0.15) is 4.79 Å². The fourth-order valence-electron chi connectivity index (χ4n) is 2.03. The third-order valence-corrected chi connectivity index (χ3v) is 2.91. The van der Waals surface area contributed by atoms with Crippen molar-refractivity contribution >= 4 is 23.8 Å². The van der Waals surface area contributed by atoms with Gasteiger partial charge in [0.25, 0.3) is 0 Å². The second-order valence-corrected chi connectivity index (χ2v) is 4.32. The van der Waals surface area contributed by atoms with Crippen LogP contribution in [0.3, 0.4) is 0 Å². The number of rotatable bonds is 1. The number of ether oxygens (including phenoxy) is 1. The third-order valence-electron chi connectivity index (χ3n) is 2.81. The van der Waals surface area contributed by atoms with Gasteiger partial charge in [-0.1, -0.05) is 6.07 Å². The van der Waals surface area contributed by atoms with E-state index in [-0.39, 0.29) is 5.90 Å². The summed E-state index contributed by atoms with van der Waals surface area (Å²) < 4.78 is 4.69. The molecule has 0 amide bonds. The number of aryl methyl sites for hydroxylation is 2. The van der Waals surface area contributed by atoms with Crippen molar-refractivity contribution in [1.29, 1.82) is 5.41 Å². The van der Waals surface area contributed by atoms with Gasteiger partial charge in [0, 0.05) is 5.56 Å². The lowest BCUT2D eigenvalue weighted by Crippen LogP contribution is -2.11. The maximum Gasteiger partial charge on any atom is 0.527 e. The van der Waals surface area contributed by atoms with Gasteiger partial charge >= 0.3 is 5.30 Å². The highest BCUT2D eigenvalue weighted by Gasteiger charge is 2.14. The minimum atomic E-state index is -0.636. The Labute approximate surface area is 99.7 Å². The molecule has 0 saturated heterocycles. The van der Waals surface area contributed by atoms with Gasteiger partial charge in [0.1, 0.15) is 0 Å². The molecule has 1 aromatic rings. The highest BCUT2D eigenvalue weighted by molar-refractivity contribution is 7.76. The number of carbonyl (C=O) groups is 1. The summed E-state index contributed by atoms with van der Waals surface area (Å²) in [7, 11) is 0. The Balaban J connectivity index is 2.23. The van der Waals surface area contributed by atoms with E-state index in [1.807, 2.05) is 18.2 Å². The number of hydrogen-bond acceptors (Lipinski definition) is 3. The predicted molar refractivity (Wildman–Crippen MR) is 66.5 cm³/mol. The molecular weight excluding hydrogens is 222 g/mol. The molecule has 0 atom stereocenters. The van der Waals surface area contributed by atoms with Gasteiger partial charge in [-0.15, -0.1) is 0 Å². The molecule has 0 unspecified atom stereocenters. The van der Waals surface area contributed by atoms with Gasteiger partial charge in [-0.05, 0) is 48.9 Å². The van der Waals surface area contributed by atoms with Crippen molar-refractivity contribution in [3.05, 3.63) is 34.9 Å². The zero-order chi connectivity index (χ0) is 11.5. The Morgan fingerprint density at radius 1 is 1.25 bits per heavy atom. The smallest absolute Gasteiger partial charge is 0.367 e. The van der Waals surface area contributed by atoms with Crippen molar-refractivity contribution in [2.45, 2.75) is 25.7 Å². The van der Waals surface area contributed by atoms with Crippen LogP contribution in [0.4, 0.5) is 4.79 Å². The number of fused-ring (bicyclic) bond motifs is 1. The molecule has 0 saturated carbocycles. The van der Waals surface area contributed by atoms with Crippen LogP contribution in [-0.4, -0.2) is 11.2 Å². The molecule has 4 heteroatoms. The molecule has 1 aliphatic carbocycles. The summed E-state index contributed by atoms with van der Waals surface area (Å²) in [6.45, 7) is 0. The quantitative estimate of drug-likeness (QED) is 0.351. The SMILES string of the molecule is N=C(OC(=O)[SH2+])c1ccc2c(c1)CCCC2. The molecule has 0 aliphatic heterocycles. The molecule has 0 heterocycles. The summed E-state index contributed by atoms with van der Waals surface area (Å²) in [6, 6.07) is 5.81. The lowest BCUT2D eigenvalue weighted by Gasteiger charge is -2.16. The number of carbonyl (C=O) groups excluding carboxylic acids is 1. The number of hydrogen-bond donors (Lipinski definition) is 1. The van der Waals surface area contributed by atoms with E-state index in [1.165, 1.54) is 24.0 Å². The third kappa shape index (κ3) is 2.44. The normalized spacial score (nSPS) is 14.1. The van der Waals surface area contributed by atoms with E-state index in [1.54, 1.807) is 0 Å². The molecule has 0 aromatic heterocycles. The summed E-state index contributed by atoms with van der Waals surface area (Å²) in [6.07, 6.45) is 4.60. The van der Waals surface area contributed by atoms with Gasteiger partial charge in [0.2, 0.25) is 5.90 Å². The van der Waals surface area contributed by atoms with Gasteiger partial charge in [0.15, 0.2) is 0 Å². The fraction of sp³-hybridized carbons (Fsp3) is 0.333. The van der Waals surface area contributed by atoms with Gasteiger partial charge in [0.05, 0.1) is 12.6 Å². The molecular formula is C12H14NO2S+. The van der Waals surface area contributed by atoms with Crippen molar-refractivity contribution in [3.63, 3.8) is 0 Å². The first kappa shape index (κ1) is 11.2. The standard InChI is InChI=1S/C12H13NO2S/c13-11(15-12(14)16)10-6-5-8-3-1-2-4-9(8)7-10/h5-7,13H,1-4H2,(H,14,16)/p+1. The second kappa shape index (κ2) is 4.70. The Bertz CT molecular complexity index is 443. The maximum absolute atomic E-state index is 10.7. The average molecular weight is 236 g/mol. The second-order valence-electron chi connectivity index (χ2n) is 3.91. The fourth-order valence-corrected chi connectivity index (χ4v) is 2.13.